The molecule has 84 valence electrons. The maximum Gasteiger partial charge on any atom is 0.163 e. The van der Waals surface area contributed by atoms with Crippen LogP contribution < -0.4 is 0 Å². The van der Waals surface area contributed by atoms with E-state index in [-0.39, 0.29) is 5.56 Å². The molecule has 0 heterocycles. The van der Waals surface area contributed by atoms with E-state index in [0.717, 1.165) is 12.3 Å². The molecule has 0 aliphatic carbocycles. The van der Waals surface area contributed by atoms with Gasteiger partial charge >= 0.3 is 0 Å². The average molecular weight is 297 g/mol. The van der Waals surface area contributed by atoms with Crippen LogP contribution >= 0.6 is 15.9 Å². The molecule has 2 atom stereocenters. The third-order valence-corrected chi connectivity index (χ3v) is 5.46. The average Bonchev–Trinajstić information content (AvgIpc) is 2.14. The summed E-state index contributed by atoms with van der Waals surface area (Å²) >= 11 is 2.86. The molecule has 0 bridgehead atoms. The maximum absolute atomic E-state index is 12.8. The van der Waals surface area contributed by atoms with Gasteiger partial charge in [0.15, 0.2) is 9.84 Å². The Balaban J connectivity index is 3.00. The fourth-order valence-corrected chi connectivity index (χ4v) is 2.01. The number of halogens is 2. The van der Waals surface area contributed by atoms with Gasteiger partial charge in [0.1, 0.15) is 16.1 Å². The number of sulfone groups is 1. The highest BCUT2D eigenvalue weighted by atomic mass is 79.9. The summed E-state index contributed by atoms with van der Waals surface area (Å²) in [6.45, 7) is 0. The van der Waals surface area contributed by atoms with E-state index in [1.165, 1.54) is 18.2 Å². The van der Waals surface area contributed by atoms with Gasteiger partial charge in [-0.3, -0.25) is 0 Å². The molecule has 1 aromatic rings. The molecule has 0 aromatic heterocycles. The first-order chi connectivity index (χ1) is 6.82. The van der Waals surface area contributed by atoms with Crippen molar-refractivity contribution in [3.8, 4) is 0 Å². The molecule has 0 aliphatic rings. The van der Waals surface area contributed by atoms with Crippen LogP contribution in [-0.4, -0.2) is 23.9 Å². The summed E-state index contributed by atoms with van der Waals surface area (Å²) in [7, 11) is -3.42. The highest BCUT2D eigenvalue weighted by Crippen LogP contribution is 2.26. The zero-order valence-corrected chi connectivity index (χ0v) is 10.3. The summed E-state index contributed by atoms with van der Waals surface area (Å²) in [5.41, 5.74) is 0.224. The lowest BCUT2D eigenvalue weighted by atomic mass is 10.1. The van der Waals surface area contributed by atoms with E-state index in [0.29, 0.717) is 0 Å². The molecule has 0 aliphatic heterocycles. The van der Waals surface area contributed by atoms with Crippen LogP contribution in [-0.2, 0) is 9.84 Å². The van der Waals surface area contributed by atoms with Crippen molar-refractivity contribution in [2.75, 3.05) is 6.26 Å². The van der Waals surface area contributed by atoms with Crippen molar-refractivity contribution in [2.45, 2.75) is 10.3 Å². The zero-order chi connectivity index (χ0) is 11.6. The summed E-state index contributed by atoms with van der Waals surface area (Å²) in [5, 5.41) is 9.66. The number of rotatable bonds is 3. The molecule has 0 radical (unpaired) electrons. The van der Waals surface area contributed by atoms with Gasteiger partial charge in [0.2, 0.25) is 0 Å². The lowest BCUT2D eigenvalue weighted by Gasteiger charge is -2.15. The van der Waals surface area contributed by atoms with Crippen molar-refractivity contribution >= 4 is 25.8 Å². The van der Waals surface area contributed by atoms with Crippen molar-refractivity contribution < 1.29 is 17.9 Å². The van der Waals surface area contributed by atoms with Gasteiger partial charge in [0.25, 0.3) is 0 Å². The van der Waals surface area contributed by atoms with Gasteiger partial charge in [0.05, 0.1) is 0 Å². The maximum atomic E-state index is 12.8. The van der Waals surface area contributed by atoms with Gasteiger partial charge in [-0.25, -0.2) is 12.8 Å². The van der Waals surface area contributed by atoms with Crippen molar-refractivity contribution in [3.63, 3.8) is 0 Å². The number of aliphatic hydroxyl groups excluding tert-OH is 1. The predicted octanol–water partition coefficient (Wildman–Crippen LogP) is 1.62. The third-order valence-electron chi connectivity index (χ3n) is 1.85. The van der Waals surface area contributed by atoms with E-state index in [9.17, 15) is 17.9 Å². The Bertz CT molecular complexity index is 446. The second kappa shape index (κ2) is 4.59. The van der Waals surface area contributed by atoms with E-state index in [4.69, 9.17) is 0 Å². The van der Waals surface area contributed by atoms with Gasteiger partial charge < -0.3 is 5.11 Å². The number of alkyl halides is 1. The minimum absolute atomic E-state index is 0.224. The Kier molecular flexibility index (Phi) is 3.86. The highest BCUT2D eigenvalue weighted by molar-refractivity contribution is 9.11. The van der Waals surface area contributed by atoms with Crippen LogP contribution in [0.15, 0.2) is 24.3 Å². The summed E-state index contributed by atoms with van der Waals surface area (Å²) in [4.78, 5) is 0. The van der Waals surface area contributed by atoms with Crippen LogP contribution in [0.4, 0.5) is 4.39 Å². The molecule has 15 heavy (non-hydrogen) atoms. The SMILES string of the molecule is CS(=O)(=O)[C@@H](Br)[C@@H](O)c1cccc(F)c1. The standard InChI is InChI=1S/C9H10BrFO3S/c1-15(13,14)9(10)8(12)6-3-2-4-7(11)5-6/h2-5,8-9,12H,1H3/t8-,9+/m0/s1. The predicted molar refractivity (Wildman–Crippen MR) is 58.9 cm³/mol. The summed E-state index contributed by atoms with van der Waals surface area (Å²) in [6, 6.07) is 5.20. The Morgan fingerprint density at radius 3 is 2.53 bits per heavy atom. The van der Waals surface area contributed by atoms with Crippen LogP contribution in [0, 0.1) is 5.82 Å². The lowest BCUT2D eigenvalue weighted by molar-refractivity contribution is 0.194. The minimum atomic E-state index is -3.42. The van der Waals surface area contributed by atoms with Gasteiger partial charge in [-0.1, -0.05) is 28.1 Å². The first-order valence-corrected chi connectivity index (χ1v) is 6.96. The van der Waals surface area contributed by atoms with Crippen molar-refractivity contribution in [2.24, 2.45) is 0 Å². The van der Waals surface area contributed by atoms with E-state index >= 15 is 0 Å². The van der Waals surface area contributed by atoms with Crippen molar-refractivity contribution in [3.05, 3.63) is 35.6 Å². The number of hydrogen-bond acceptors (Lipinski definition) is 3. The first-order valence-electron chi connectivity index (χ1n) is 4.09. The molecule has 0 saturated carbocycles. The fraction of sp³-hybridized carbons (Fsp3) is 0.333. The Morgan fingerprint density at radius 1 is 1.47 bits per heavy atom. The van der Waals surface area contributed by atoms with Crippen LogP contribution in [0.5, 0.6) is 0 Å². The molecule has 1 N–H and O–H groups in total. The summed E-state index contributed by atoms with van der Waals surface area (Å²) < 4.78 is 33.9. The van der Waals surface area contributed by atoms with Gasteiger partial charge in [0, 0.05) is 6.26 Å². The molecular formula is C9H10BrFO3S. The van der Waals surface area contributed by atoms with Crippen molar-refractivity contribution in [1.82, 2.24) is 0 Å². The molecular weight excluding hydrogens is 287 g/mol. The zero-order valence-electron chi connectivity index (χ0n) is 7.89. The summed E-state index contributed by atoms with van der Waals surface area (Å²) in [6.07, 6.45) is -0.287. The largest absolute Gasteiger partial charge is 0.386 e. The molecule has 1 rings (SSSR count). The number of aliphatic hydroxyl groups is 1. The molecule has 0 amide bonds. The van der Waals surface area contributed by atoms with E-state index in [1.807, 2.05) is 0 Å². The fourth-order valence-electron chi connectivity index (χ4n) is 1.08. The van der Waals surface area contributed by atoms with Crippen LogP contribution in [0.25, 0.3) is 0 Å². The topological polar surface area (TPSA) is 54.4 Å². The monoisotopic (exact) mass is 296 g/mol. The quantitative estimate of drug-likeness (QED) is 0.863. The van der Waals surface area contributed by atoms with Crippen LogP contribution in [0.3, 0.4) is 0 Å². The Labute approximate surface area is 96.0 Å². The Morgan fingerprint density at radius 2 is 2.07 bits per heavy atom. The lowest BCUT2D eigenvalue weighted by Crippen LogP contribution is -2.21. The van der Waals surface area contributed by atoms with Gasteiger partial charge in [-0.05, 0) is 17.7 Å². The smallest absolute Gasteiger partial charge is 0.163 e. The van der Waals surface area contributed by atoms with Gasteiger partial charge in [-0.15, -0.1) is 0 Å². The summed E-state index contributed by atoms with van der Waals surface area (Å²) in [5.74, 6) is -0.514. The molecule has 1 aromatic carbocycles. The van der Waals surface area contributed by atoms with Crippen LogP contribution in [0.2, 0.25) is 0 Å². The number of hydrogen-bond donors (Lipinski definition) is 1. The molecule has 0 spiro atoms. The molecule has 6 heteroatoms. The normalized spacial score (nSPS) is 16.0. The molecule has 3 nitrogen and oxygen atoms in total. The van der Waals surface area contributed by atoms with E-state index < -0.39 is 25.9 Å². The second-order valence-electron chi connectivity index (χ2n) is 3.18. The molecule has 0 unspecified atom stereocenters. The van der Waals surface area contributed by atoms with E-state index in [1.54, 1.807) is 0 Å². The first kappa shape index (κ1) is 12.6. The number of benzene rings is 1. The Hall–Kier alpha value is -0.460. The van der Waals surface area contributed by atoms with Crippen molar-refractivity contribution in [1.29, 1.82) is 0 Å². The van der Waals surface area contributed by atoms with Gasteiger partial charge in [-0.2, -0.15) is 0 Å². The minimum Gasteiger partial charge on any atom is -0.386 e. The highest BCUT2D eigenvalue weighted by Gasteiger charge is 2.27. The molecule has 0 saturated heterocycles. The second-order valence-corrected chi connectivity index (χ2v) is 6.94. The van der Waals surface area contributed by atoms with E-state index in [2.05, 4.69) is 15.9 Å². The van der Waals surface area contributed by atoms with Crippen LogP contribution in [0.1, 0.15) is 11.7 Å². The third kappa shape index (κ3) is 3.25. The molecule has 0 fully saturated rings.